The summed E-state index contributed by atoms with van der Waals surface area (Å²) >= 11 is 0. The Morgan fingerprint density at radius 2 is 1.72 bits per heavy atom. The van der Waals surface area contributed by atoms with E-state index in [2.05, 4.69) is 25.6 Å². The third-order valence-electron chi connectivity index (χ3n) is 6.76. The Hall–Kier alpha value is -4.16. The van der Waals surface area contributed by atoms with E-state index in [0.29, 0.717) is 24.3 Å². The zero-order valence-electron chi connectivity index (χ0n) is 21.5. The van der Waals surface area contributed by atoms with Gasteiger partial charge in [-0.3, -0.25) is 14.9 Å². The predicted octanol–water partition coefficient (Wildman–Crippen LogP) is 4.75. The molecule has 39 heavy (non-hydrogen) atoms. The van der Waals surface area contributed by atoms with Crippen molar-refractivity contribution >= 4 is 28.4 Å². The molecule has 0 unspecified atom stereocenters. The third kappa shape index (κ3) is 6.13. The van der Waals surface area contributed by atoms with Crippen molar-refractivity contribution in [2.24, 2.45) is 7.05 Å². The van der Waals surface area contributed by atoms with Gasteiger partial charge in [-0.2, -0.15) is 18.3 Å². The molecule has 12 heteroatoms. The molecule has 2 aromatic heterocycles. The molecule has 0 aliphatic carbocycles. The number of hydrogen-bond donors (Lipinski definition) is 3. The van der Waals surface area contributed by atoms with Crippen LogP contribution in [0.3, 0.4) is 0 Å². The van der Waals surface area contributed by atoms with E-state index in [9.17, 15) is 23.1 Å². The molecule has 2 aromatic carbocycles. The molecule has 0 spiro atoms. The van der Waals surface area contributed by atoms with Crippen molar-refractivity contribution in [3.63, 3.8) is 0 Å². The standard InChI is InChI=1S/C27H28F3N7O2/c1-35-9-11-37(12-10-35)16-19-5-7-20(14-21(19)27(28,29)30)31-26(39)33-24-15-23(36(2)34-24)18-4-3-17-6-8-25(38)32-22(17)13-18/h3-8,13-15H,9-12,16H2,1-2H3,(H,32,38)(H2,31,33,34,39). The molecular weight excluding hydrogens is 511 g/mol. The van der Waals surface area contributed by atoms with Crippen LogP contribution in [0.25, 0.3) is 22.2 Å². The zero-order chi connectivity index (χ0) is 27.7. The largest absolute Gasteiger partial charge is 0.493 e. The number of halogens is 3. The van der Waals surface area contributed by atoms with E-state index in [1.54, 1.807) is 29.9 Å². The lowest BCUT2D eigenvalue weighted by Gasteiger charge is -2.33. The smallest absolute Gasteiger partial charge is 0.416 e. The molecule has 0 saturated carbocycles. The number of piperazine rings is 1. The molecule has 0 radical (unpaired) electrons. The quantitative estimate of drug-likeness (QED) is 0.339. The summed E-state index contributed by atoms with van der Waals surface area (Å²) in [6, 6.07) is 13.6. The molecule has 204 valence electrons. The van der Waals surface area contributed by atoms with E-state index in [0.717, 1.165) is 30.1 Å². The van der Waals surface area contributed by atoms with Crippen LogP contribution >= 0.6 is 0 Å². The Kier molecular flexibility index (Phi) is 7.15. The number of aromatic nitrogens is 3. The van der Waals surface area contributed by atoms with E-state index in [1.807, 2.05) is 24.1 Å². The molecule has 0 atom stereocenters. The van der Waals surface area contributed by atoms with Crippen LogP contribution in [0.15, 0.2) is 54.6 Å². The van der Waals surface area contributed by atoms with Gasteiger partial charge in [0.1, 0.15) is 0 Å². The molecule has 1 saturated heterocycles. The van der Waals surface area contributed by atoms with Crippen LogP contribution < -0.4 is 10.6 Å². The molecule has 3 heterocycles. The number of aryl methyl sites for hydroxylation is 1. The second-order valence-corrected chi connectivity index (χ2v) is 9.64. The summed E-state index contributed by atoms with van der Waals surface area (Å²) in [5, 5.41) is 19.9. The van der Waals surface area contributed by atoms with Gasteiger partial charge >= 0.3 is 12.2 Å². The Balaban J connectivity index is 1.29. The fraction of sp³-hybridized carbons (Fsp3) is 0.296. The summed E-state index contributed by atoms with van der Waals surface area (Å²) in [5.74, 6) is 0.126. The van der Waals surface area contributed by atoms with Crippen molar-refractivity contribution in [3.8, 4) is 17.1 Å². The molecule has 1 aliphatic heterocycles. The van der Waals surface area contributed by atoms with E-state index < -0.39 is 17.8 Å². The van der Waals surface area contributed by atoms with Crippen LogP contribution in [-0.4, -0.2) is 68.9 Å². The lowest BCUT2D eigenvalue weighted by Crippen LogP contribution is -2.44. The number of pyridine rings is 1. The van der Waals surface area contributed by atoms with Crippen LogP contribution in [0.2, 0.25) is 0 Å². The number of likely N-dealkylation sites (N-methyl/N-ethyl adjacent to an activating group) is 1. The van der Waals surface area contributed by atoms with Gasteiger partial charge in [0.05, 0.1) is 16.8 Å². The Morgan fingerprint density at radius 1 is 0.974 bits per heavy atom. The lowest BCUT2D eigenvalue weighted by atomic mass is 10.0. The first-order valence-electron chi connectivity index (χ1n) is 12.4. The van der Waals surface area contributed by atoms with Crippen LogP contribution in [-0.2, 0) is 19.8 Å². The molecule has 3 N–H and O–H groups in total. The van der Waals surface area contributed by atoms with E-state index >= 15 is 0 Å². The molecule has 9 nitrogen and oxygen atoms in total. The summed E-state index contributed by atoms with van der Waals surface area (Å²) in [5.41, 5.74) is 1.46. The highest BCUT2D eigenvalue weighted by Crippen LogP contribution is 2.35. The number of anilines is 2. The normalized spacial score (nSPS) is 15.0. The fourth-order valence-corrected chi connectivity index (χ4v) is 4.65. The monoisotopic (exact) mass is 539 g/mol. The van der Waals surface area contributed by atoms with E-state index in [4.69, 9.17) is 0 Å². The maximum absolute atomic E-state index is 13.9. The number of nitrogens with zero attached hydrogens (tertiary/aromatic N) is 5. The van der Waals surface area contributed by atoms with Gasteiger partial charge in [0.15, 0.2) is 5.82 Å². The number of carbonyl (C=O) groups is 1. The summed E-state index contributed by atoms with van der Waals surface area (Å²) in [4.78, 5) is 20.9. The van der Waals surface area contributed by atoms with E-state index in [1.165, 1.54) is 18.2 Å². The Labute approximate surface area is 222 Å². The summed E-state index contributed by atoms with van der Waals surface area (Å²) < 4.78 is 43.2. The van der Waals surface area contributed by atoms with Crippen LogP contribution in [0, 0.1) is 0 Å². The average Bonchev–Trinajstić information content (AvgIpc) is 3.24. The zero-order valence-corrected chi connectivity index (χ0v) is 21.5. The second-order valence-electron chi connectivity index (χ2n) is 9.64. The van der Waals surface area contributed by atoms with Gasteiger partial charge in [-0.05, 0) is 36.9 Å². The minimum atomic E-state index is -4.56. The first-order chi connectivity index (χ1) is 18.5. The van der Waals surface area contributed by atoms with Gasteiger partial charge in [0.25, 0.3) is 0 Å². The Bertz CT molecular complexity index is 1510. The number of carbonyl (C=O) groups excluding carboxylic acids is 1. The number of hydrogen-bond acceptors (Lipinski definition) is 6. The van der Waals surface area contributed by atoms with E-state index in [-0.39, 0.29) is 29.5 Å². The number of rotatable bonds is 5. The van der Waals surface area contributed by atoms with Gasteiger partial charge in [0.2, 0.25) is 5.88 Å². The molecule has 4 aromatic rings. The second kappa shape index (κ2) is 10.5. The number of aromatic hydroxyl groups is 1. The number of urea groups is 1. The minimum Gasteiger partial charge on any atom is -0.493 e. The van der Waals surface area contributed by atoms with Crippen LogP contribution in [0.4, 0.5) is 29.5 Å². The van der Waals surface area contributed by atoms with Gasteiger partial charge in [0, 0.05) is 68.5 Å². The van der Waals surface area contributed by atoms with Crippen molar-refractivity contribution in [2.45, 2.75) is 12.7 Å². The fourth-order valence-electron chi connectivity index (χ4n) is 4.65. The van der Waals surface area contributed by atoms with Gasteiger partial charge in [-0.1, -0.05) is 18.2 Å². The predicted molar refractivity (Wildman–Crippen MR) is 142 cm³/mol. The molecule has 2 amide bonds. The van der Waals surface area contributed by atoms with Crippen molar-refractivity contribution in [2.75, 3.05) is 43.9 Å². The summed E-state index contributed by atoms with van der Waals surface area (Å²) in [6.45, 7) is 3.19. The highest BCUT2D eigenvalue weighted by atomic mass is 19.4. The third-order valence-corrected chi connectivity index (χ3v) is 6.76. The van der Waals surface area contributed by atoms with Gasteiger partial charge < -0.3 is 15.3 Å². The average molecular weight is 540 g/mol. The highest BCUT2D eigenvalue weighted by molar-refractivity contribution is 5.99. The molecule has 1 fully saturated rings. The maximum atomic E-state index is 13.9. The summed E-state index contributed by atoms with van der Waals surface area (Å²) in [6.07, 6.45) is -4.56. The van der Waals surface area contributed by atoms with Crippen LogP contribution in [0.5, 0.6) is 5.88 Å². The topological polar surface area (TPSA) is 98.5 Å². The number of fused-ring (bicyclic) bond motifs is 1. The number of nitrogens with one attached hydrogen (secondary N) is 2. The Morgan fingerprint density at radius 3 is 2.46 bits per heavy atom. The molecule has 0 bridgehead atoms. The SMILES string of the molecule is CN1CCN(Cc2ccc(NC(=O)Nc3cc(-c4ccc5ccc(O)nc5c4)n(C)n3)cc2C(F)(F)F)CC1. The van der Waals surface area contributed by atoms with Crippen molar-refractivity contribution in [3.05, 3.63) is 65.7 Å². The molecule has 1 aliphatic rings. The summed E-state index contributed by atoms with van der Waals surface area (Å²) in [7, 11) is 3.69. The molecule has 5 rings (SSSR count). The van der Waals surface area contributed by atoms with Crippen molar-refractivity contribution in [1.29, 1.82) is 0 Å². The number of benzene rings is 2. The minimum absolute atomic E-state index is 0.0264. The van der Waals surface area contributed by atoms with Crippen LogP contribution in [0.1, 0.15) is 11.1 Å². The van der Waals surface area contributed by atoms with Gasteiger partial charge in [-0.15, -0.1) is 0 Å². The first-order valence-corrected chi connectivity index (χ1v) is 12.4. The number of alkyl halides is 3. The van der Waals surface area contributed by atoms with Crippen molar-refractivity contribution < 1.29 is 23.1 Å². The van der Waals surface area contributed by atoms with Gasteiger partial charge in [-0.25, -0.2) is 9.78 Å². The molecular formula is C27H28F3N7O2. The maximum Gasteiger partial charge on any atom is 0.416 e. The lowest BCUT2D eigenvalue weighted by molar-refractivity contribution is -0.138. The van der Waals surface area contributed by atoms with Crippen molar-refractivity contribution in [1.82, 2.24) is 24.6 Å². The highest BCUT2D eigenvalue weighted by Gasteiger charge is 2.34. The first kappa shape index (κ1) is 26.4. The number of amides is 2.